The number of rotatable bonds is 2. The smallest absolute Gasteiger partial charge is 0.279 e. The number of carbonyl (C=O) groups is 1. The lowest BCUT2D eigenvalue weighted by atomic mass is 10.4. The lowest BCUT2D eigenvalue weighted by Crippen LogP contribution is -2.14. The highest BCUT2D eigenvalue weighted by Gasteiger charge is 2.19. The Bertz CT molecular complexity index is 807. The van der Waals surface area contributed by atoms with E-state index in [1.54, 1.807) is 29.7 Å². The third-order valence-corrected chi connectivity index (χ3v) is 3.34. The van der Waals surface area contributed by atoms with Crippen molar-refractivity contribution in [2.75, 3.05) is 11.1 Å². The molecule has 7 nitrogen and oxygen atoms in total. The van der Waals surface area contributed by atoms with Crippen LogP contribution in [0.2, 0.25) is 0 Å². The first-order chi connectivity index (χ1) is 9.56. The Morgan fingerprint density at radius 2 is 2.35 bits per heavy atom. The number of aryl methyl sites for hydroxylation is 1. The van der Waals surface area contributed by atoms with E-state index in [0.717, 1.165) is 4.47 Å². The molecular formula is C12H10BrN5O2. The molecular weight excluding hydrogens is 326 g/mol. The topological polar surface area (TPSA) is 98.5 Å². The first kappa shape index (κ1) is 12.7. The second-order valence-electron chi connectivity index (χ2n) is 4.17. The predicted octanol–water partition coefficient (Wildman–Crippen LogP) is 2.23. The van der Waals surface area contributed by atoms with E-state index in [1.165, 1.54) is 0 Å². The second-order valence-corrected chi connectivity index (χ2v) is 5.03. The number of nitrogens with zero attached hydrogens (tertiary/aromatic N) is 3. The van der Waals surface area contributed by atoms with E-state index in [9.17, 15) is 4.79 Å². The van der Waals surface area contributed by atoms with Gasteiger partial charge in [-0.15, -0.1) is 0 Å². The van der Waals surface area contributed by atoms with E-state index < -0.39 is 5.91 Å². The standard InChI is InChI=1S/C12H10BrN5O2/c1-6-5-8(17-20-6)15-12(19)9-10(14)18-4-2-3-7(13)11(18)16-9/h2-5H,14H2,1H3,(H,15,17,19). The van der Waals surface area contributed by atoms with Gasteiger partial charge in [0, 0.05) is 12.3 Å². The maximum atomic E-state index is 12.2. The highest BCUT2D eigenvalue weighted by Crippen LogP contribution is 2.22. The average Bonchev–Trinajstić information content (AvgIpc) is 2.95. The zero-order chi connectivity index (χ0) is 14.3. The minimum atomic E-state index is -0.439. The van der Waals surface area contributed by atoms with Gasteiger partial charge in [-0.2, -0.15) is 0 Å². The van der Waals surface area contributed by atoms with Crippen LogP contribution in [0.5, 0.6) is 0 Å². The van der Waals surface area contributed by atoms with Gasteiger partial charge < -0.3 is 15.6 Å². The Hall–Kier alpha value is -2.35. The molecule has 3 N–H and O–H groups in total. The number of pyridine rings is 1. The van der Waals surface area contributed by atoms with Crippen molar-refractivity contribution in [3.8, 4) is 0 Å². The Morgan fingerprint density at radius 1 is 1.55 bits per heavy atom. The number of nitrogen functional groups attached to an aromatic ring is 1. The van der Waals surface area contributed by atoms with Crippen LogP contribution >= 0.6 is 15.9 Å². The van der Waals surface area contributed by atoms with Crippen molar-refractivity contribution >= 4 is 39.1 Å². The molecule has 0 aliphatic rings. The molecule has 0 unspecified atom stereocenters. The number of halogens is 1. The molecule has 0 saturated carbocycles. The molecule has 3 aromatic rings. The van der Waals surface area contributed by atoms with Crippen molar-refractivity contribution in [2.45, 2.75) is 6.92 Å². The molecule has 1 amide bonds. The molecule has 0 radical (unpaired) electrons. The lowest BCUT2D eigenvalue weighted by molar-refractivity contribution is 0.102. The molecule has 0 saturated heterocycles. The number of aromatic nitrogens is 3. The fourth-order valence-corrected chi connectivity index (χ4v) is 2.25. The molecule has 3 rings (SSSR count). The summed E-state index contributed by atoms with van der Waals surface area (Å²) < 4.78 is 7.27. The lowest BCUT2D eigenvalue weighted by Gasteiger charge is -1.99. The number of hydrogen-bond donors (Lipinski definition) is 2. The van der Waals surface area contributed by atoms with Crippen LogP contribution in [0, 0.1) is 6.92 Å². The van der Waals surface area contributed by atoms with Crippen LogP contribution in [0.1, 0.15) is 16.2 Å². The van der Waals surface area contributed by atoms with Crippen LogP contribution in [0.25, 0.3) is 5.65 Å². The molecule has 3 aromatic heterocycles. The Labute approximate surface area is 121 Å². The van der Waals surface area contributed by atoms with Crippen LogP contribution < -0.4 is 11.1 Å². The van der Waals surface area contributed by atoms with Crippen LogP contribution in [0.4, 0.5) is 11.6 Å². The van der Waals surface area contributed by atoms with Crippen molar-refractivity contribution in [1.82, 2.24) is 14.5 Å². The van der Waals surface area contributed by atoms with Crippen molar-refractivity contribution < 1.29 is 9.32 Å². The molecule has 102 valence electrons. The van der Waals surface area contributed by atoms with Gasteiger partial charge in [0.05, 0.1) is 4.47 Å². The fourth-order valence-electron chi connectivity index (χ4n) is 1.82. The molecule has 3 heterocycles. The predicted molar refractivity (Wildman–Crippen MR) is 76.5 cm³/mol. The van der Waals surface area contributed by atoms with Crippen LogP contribution in [0.3, 0.4) is 0 Å². The summed E-state index contributed by atoms with van der Waals surface area (Å²) in [5.74, 6) is 0.749. The van der Waals surface area contributed by atoms with Crippen molar-refractivity contribution in [1.29, 1.82) is 0 Å². The van der Waals surface area contributed by atoms with Crippen LogP contribution in [0.15, 0.2) is 33.4 Å². The van der Waals surface area contributed by atoms with E-state index in [4.69, 9.17) is 10.3 Å². The van der Waals surface area contributed by atoms with Gasteiger partial charge in [-0.1, -0.05) is 5.16 Å². The fraction of sp³-hybridized carbons (Fsp3) is 0.0833. The van der Waals surface area contributed by atoms with E-state index in [0.29, 0.717) is 17.2 Å². The summed E-state index contributed by atoms with van der Waals surface area (Å²) >= 11 is 3.37. The molecule has 0 aliphatic heterocycles. The summed E-state index contributed by atoms with van der Waals surface area (Å²) in [6.45, 7) is 1.74. The maximum Gasteiger partial charge on any atom is 0.279 e. The van der Waals surface area contributed by atoms with Crippen molar-refractivity contribution in [3.05, 3.63) is 40.3 Å². The number of hydrogen-bond acceptors (Lipinski definition) is 5. The Morgan fingerprint density at radius 3 is 3.00 bits per heavy atom. The quantitative estimate of drug-likeness (QED) is 0.748. The van der Waals surface area contributed by atoms with E-state index in [-0.39, 0.29) is 11.5 Å². The minimum absolute atomic E-state index is 0.137. The third kappa shape index (κ3) is 2.03. The number of imidazole rings is 1. The summed E-state index contributed by atoms with van der Waals surface area (Å²) in [6, 6.07) is 5.24. The first-order valence-corrected chi connectivity index (χ1v) is 6.52. The summed E-state index contributed by atoms with van der Waals surface area (Å²) in [5.41, 5.74) is 6.65. The summed E-state index contributed by atoms with van der Waals surface area (Å²) in [4.78, 5) is 16.4. The normalized spacial score (nSPS) is 10.9. The molecule has 0 spiro atoms. The number of anilines is 2. The largest absolute Gasteiger partial charge is 0.383 e. The van der Waals surface area contributed by atoms with Gasteiger partial charge >= 0.3 is 0 Å². The summed E-state index contributed by atoms with van der Waals surface area (Å²) in [6.07, 6.45) is 1.74. The Kier molecular flexibility index (Phi) is 2.94. The highest BCUT2D eigenvalue weighted by molar-refractivity contribution is 9.10. The zero-order valence-corrected chi connectivity index (χ0v) is 12.0. The van der Waals surface area contributed by atoms with E-state index in [1.807, 2.05) is 6.07 Å². The highest BCUT2D eigenvalue weighted by atomic mass is 79.9. The monoisotopic (exact) mass is 335 g/mol. The van der Waals surface area contributed by atoms with Crippen molar-refractivity contribution in [3.63, 3.8) is 0 Å². The Balaban J connectivity index is 1.99. The van der Waals surface area contributed by atoms with E-state index in [2.05, 4.69) is 31.4 Å². The molecule has 0 fully saturated rings. The zero-order valence-electron chi connectivity index (χ0n) is 10.4. The van der Waals surface area contributed by atoms with Gasteiger partial charge in [-0.05, 0) is 35.0 Å². The van der Waals surface area contributed by atoms with Gasteiger partial charge in [0.15, 0.2) is 17.2 Å². The SMILES string of the molecule is Cc1cc(NC(=O)c2nc3c(Br)cccn3c2N)no1. The molecule has 0 atom stereocenters. The number of nitrogens with one attached hydrogen (secondary N) is 1. The molecule has 8 heteroatoms. The first-order valence-electron chi connectivity index (χ1n) is 5.73. The third-order valence-electron chi connectivity index (χ3n) is 2.72. The van der Waals surface area contributed by atoms with Gasteiger partial charge in [0.25, 0.3) is 5.91 Å². The van der Waals surface area contributed by atoms with Gasteiger partial charge in [0.2, 0.25) is 0 Å². The molecule has 0 aromatic carbocycles. The number of nitrogens with two attached hydrogens (primary N) is 1. The summed E-state index contributed by atoms with van der Waals surface area (Å²) in [5, 5.41) is 6.28. The maximum absolute atomic E-state index is 12.2. The summed E-state index contributed by atoms with van der Waals surface area (Å²) in [7, 11) is 0. The second kappa shape index (κ2) is 4.64. The number of fused-ring (bicyclic) bond motifs is 1. The van der Waals surface area contributed by atoms with Crippen molar-refractivity contribution in [2.24, 2.45) is 0 Å². The van der Waals surface area contributed by atoms with Gasteiger partial charge in [-0.25, -0.2) is 4.98 Å². The van der Waals surface area contributed by atoms with Gasteiger partial charge in [-0.3, -0.25) is 9.20 Å². The van der Waals surface area contributed by atoms with Crippen LogP contribution in [-0.4, -0.2) is 20.4 Å². The molecule has 0 bridgehead atoms. The number of carbonyl (C=O) groups excluding carboxylic acids is 1. The minimum Gasteiger partial charge on any atom is -0.383 e. The number of amides is 1. The van der Waals surface area contributed by atoms with E-state index >= 15 is 0 Å². The molecule has 0 aliphatic carbocycles. The average molecular weight is 336 g/mol. The molecule has 20 heavy (non-hydrogen) atoms. The van der Waals surface area contributed by atoms with Crippen LogP contribution in [-0.2, 0) is 0 Å². The van der Waals surface area contributed by atoms with Gasteiger partial charge in [0.1, 0.15) is 11.6 Å².